The smallest absolute Gasteiger partial charge is 0.406 e. The molecule has 1 atom stereocenters. The molecule has 1 saturated heterocycles. The highest BCUT2D eigenvalue weighted by Gasteiger charge is 2.38. The van der Waals surface area contributed by atoms with Crippen molar-refractivity contribution in [3.05, 3.63) is 28.8 Å². The van der Waals surface area contributed by atoms with E-state index in [1.807, 2.05) is 27.0 Å². The molecule has 1 aliphatic carbocycles. The highest BCUT2D eigenvalue weighted by molar-refractivity contribution is 6.02. The van der Waals surface area contributed by atoms with Crippen molar-refractivity contribution in [2.24, 2.45) is 5.92 Å². The van der Waals surface area contributed by atoms with Gasteiger partial charge in [-0.2, -0.15) is 4.79 Å². The molecule has 7 nitrogen and oxygen atoms in total. The largest absolute Gasteiger partial charge is 0.596 e. The molecule has 1 aromatic rings. The number of ether oxygens (including phenoxy) is 1. The van der Waals surface area contributed by atoms with Crippen molar-refractivity contribution in [3.8, 4) is 0 Å². The second-order valence-corrected chi connectivity index (χ2v) is 10.8. The number of fused-ring (bicyclic) bond motifs is 1. The molecule has 1 aromatic carbocycles. The first-order valence-electron chi connectivity index (χ1n) is 12.4. The van der Waals surface area contributed by atoms with Crippen molar-refractivity contribution in [2.75, 3.05) is 18.5 Å². The van der Waals surface area contributed by atoms with Crippen LogP contribution < -0.4 is 10.2 Å². The Balaban J connectivity index is 1.46. The summed E-state index contributed by atoms with van der Waals surface area (Å²) in [6, 6.07) is 0.769. The first-order valence-corrected chi connectivity index (χ1v) is 12.4. The Morgan fingerprint density at radius 3 is 2.46 bits per heavy atom. The Kier molecular flexibility index (Phi) is 6.97. The second kappa shape index (κ2) is 9.66. The predicted molar refractivity (Wildman–Crippen MR) is 127 cm³/mol. The van der Waals surface area contributed by atoms with Crippen LogP contribution in [0.15, 0.2) is 6.07 Å². The third-order valence-electron chi connectivity index (χ3n) is 7.13. The van der Waals surface area contributed by atoms with Crippen LogP contribution in [0, 0.1) is 17.6 Å². The van der Waals surface area contributed by atoms with Crippen LogP contribution >= 0.6 is 0 Å². The molecule has 0 spiro atoms. The number of imide groups is 1. The minimum atomic E-state index is -0.591. The van der Waals surface area contributed by atoms with Gasteiger partial charge in [0, 0.05) is 35.7 Å². The second-order valence-electron chi connectivity index (χ2n) is 10.8. The van der Waals surface area contributed by atoms with Gasteiger partial charge < -0.3 is 9.64 Å². The average Bonchev–Trinajstić information content (AvgIpc) is 3.17. The van der Waals surface area contributed by atoms with Gasteiger partial charge in [-0.1, -0.05) is 0 Å². The molecular formula is C26H34F2N3O4+. The third kappa shape index (κ3) is 5.38. The predicted octanol–water partition coefficient (Wildman–Crippen LogP) is 4.05. The number of nitrogens with zero attached hydrogens (tertiary/aromatic N) is 2. The van der Waals surface area contributed by atoms with Crippen LogP contribution in [0.3, 0.4) is 0 Å². The van der Waals surface area contributed by atoms with E-state index in [-0.39, 0.29) is 29.7 Å². The summed E-state index contributed by atoms with van der Waals surface area (Å²) in [7, 11) is 1.66. The minimum Gasteiger partial charge on any atom is -0.406 e. The summed E-state index contributed by atoms with van der Waals surface area (Å²) in [6.07, 6.45) is 5.05. The Morgan fingerprint density at radius 2 is 1.83 bits per heavy atom. The molecule has 1 saturated carbocycles. The first kappa shape index (κ1) is 25.3. The number of rotatable bonds is 3. The van der Waals surface area contributed by atoms with Gasteiger partial charge in [-0.3, -0.25) is 14.9 Å². The number of carbonyl (C=O) groups is 3. The van der Waals surface area contributed by atoms with Crippen LogP contribution in [0.4, 0.5) is 19.3 Å². The molecular weight excluding hydrogens is 456 g/mol. The molecule has 2 fully saturated rings. The number of amides is 3. The van der Waals surface area contributed by atoms with E-state index in [2.05, 4.69) is 5.32 Å². The van der Waals surface area contributed by atoms with Crippen molar-refractivity contribution >= 4 is 29.8 Å². The summed E-state index contributed by atoms with van der Waals surface area (Å²) in [5.74, 6) is -1.92. The summed E-state index contributed by atoms with van der Waals surface area (Å²) in [5, 5.41) is 2.32. The topological polar surface area (TPSA) is 78.7 Å². The van der Waals surface area contributed by atoms with E-state index >= 15 is 8.78 Å². The minimum absolute atomic E-state index is 0.132. The molecule has 2 heterocycles. The van der Waals surface area contributed by atoms with E-state index in [9.17, 15) is 14.4 Å². The van der Waals surface area contributed by atoms with Gasteiger partial charge in [-0.25, -0.2) is 8.78 Å². The van der Waals surface area contributed by atoms with Crippen molar-refractivity contribution in [1.82, 2.24) is 5.32 Å². The molecule has 3 aliphatic rings. The number of nitrogens with one attached hydrogen (secondary N) is 1. The van der Waals surface area contributed by atoms with Gasteiger partial charge in [0.15, 0.2) is 6.21 Å². The Labute approximate surface area is 204 Å². The number of carbonyl (C=O) groups excluding carboxylic acids is 3. The quantitative estimate of drug-likeness (QED) is 0.393. The first-order chi connectivity index (χ1) is 16.4. The lowest BCUT2D eigenvalue weighted by molar-refractivity contribution is -0.416. The number of anilines is 1. The Hall–Kier alpha value is -2.84. The van der Waals surface area contributed by atoms with Gasteiger partial charge in [-0.15, -0.1) is 4.58 Å². The van der Waals surface area contributed by atoms with Crippen LogP contribution in [0.1, 0.15) is 76.3 Å². The molecule has 0 aromatic heterocycles. The maximum Gasteiger partial charge on any atom is 0.596 e. The molecule has 190 valence electrons. The summed E-state index contributed by atoms with van der Waals surface area (Å²) < 4.78 is 37.7. The normalized spacial score (nSPS) is 25.4. The fraction of sp³-hybridized carbons (Fsp3) is 0.615. The van der Waals surface area contributed by atoms with Gasteiger partial charge in [0.2, 0.25) is 11.8 Å². The maximum atomic E-state index is 15.6. The Bertz CT molecular complexity index is 1070. The zero-order chi connectivity index (χ0) is 25.5. The van der Waals surface area contributed by atoms with Gasteiger partial charge >= 0.3 is 6.09 Å². The zero-order valence-electron chi connectivity index (χ0n) is 20.8. The molecule has 0 bridgehead atoms. The fourth-order valence-corrected chi connectivity index (χ4v) is 5.46. The number of piperidine rings is 1. The van der Waals surface area contributed by atoms with Gasteiger partial charge in [0.1, 0.15) is 30.3 Å². The standard InChI is InChI=1S/C26H33F2N3O4/c1-26(2,3)35-25(34)30(4)14-15-5-7-16(8-6-15)22-18(27)13-20-17(23(22)28)11-12-31(20)19-9-10-21(32)29-24(19)33/h13-16,19H,5-12H2,1-4H3/p+1/b30-14+/t15?,16?,19-/m0/s1. The molecule has 0 unspecified atom stereocenters. The molecule has 35 heavy (non-hydrogen) atoms. The number of hydrogen-bond acceptors (Lipinski definition) is 5. The summed E-state index contributed by atoms with van der Waals surface area (Å²) in [6.45, 7) is 5.86. The van der Waals surface area contributed by atoms with Crippen LogP contribution in [-0.4, -0.2) is 53.9 Å². The lowest BCUT2D eigenvalue weighted by Gasteiger charge is -2.32. The van der Waals surface area contributed by atoms with E-state index in [1.165, 1.54) is 10.6 Å². The number of benzene rings is 1. The van der Waals surface area contributed by atoms with Crippen LogP contribution in [0.25, 0.3) is 0 Å². The van der Waals surface area contributed by atoms with E-state index in [4.69, 9.17) is 4.74 Å². The van der Waals surface area contributed by atoms with Gasteiger partial charge in [0.05, 0.1) is 0 Å². The lowest BCUT2D eigenvalue weighted by Crippen LogP contribution is -2.52. The monoisotopic (exact) mass is 490 g/mol. The van der Waals surface area contributed by atoms with Gasteiger partial charge in [-0.05, 0) is 71.3 Å². The summed E-state index contributed by atoms with van der Waals surface area (Å²) in [4.78, 5) is 37.7. The van der Waals surface area contributed by atoms with E-state index in [1.54, 1.807) is 11.9 Å². The maximum absolute atomic E-state index is 15.6. The summed E-state index contributed by atoms with van der Waals surface area (Å²) in [5.41, 5.74) is 0.421. The van der Waals surface area contributed by atoms with Crippen molar-refractivity contribution in [3.63, 3.8) is 0 Å². The SMILES string of the molecule is C/[N+](=C\C1CCC(c2c(F)cc3c(c2F)CCN3[C@H]2CCC(=O)NC2=O)CC1)C(=O)OC(C)(C)C. The summed E-state index contributed by atoms with van der Waals surface area (Å²) >= 11 is 0. The number of hydrogen-bond donors (Lipinski definition) is 1. The molecule has 4 rings (SSSR count). The fourth-order valence-electron chi connectivity index (χ4n) is 5.46. The molecule has 2 aliphatic heterocycles. The molecule has 1 N–H and O–H groups in total. The molecule has 0 radical (unpaired) electrons. The average molecular weight is 491 g/mol. The van der Waals surface area contributed by atoms with Crippen LogP contribution in [0.2, 0.25) is 0 Å². The highest BCUT2D eigenvalue weighted by atomic mass is 19.1. The van der Waals surface area contributed by atoms with Crippen molar-refractivity contribution in [1.29, 1.82) is 0 Å². The Morgan fingerprint density at radius 1 is 1.14 bits per heavy atom. The molecule has 3 amide bonds. The van der Waals surface area contributed by atoms with E-state index < -0.39 is 35.3 Å². The van der Waals surface area contributed by atoms with Crippen molar-refractivity contribution in [2.45, 2.75) is 83.3 Å². The molecule has 9 heteroatoms. The lowest BCUT2D eigenvalue weighted by atomic mass is 9.78. The third-order valence-corrected chi connectivity index (χ3v) is 7.13. The van der Waals surface area contributed by atoms with Gasteiger partial charge in [0.25, 0.3) is 0 Å². The van der Waals surface area contributed by atoms with Crippen LogP contribution in [0.5, 0.6) is 0 Å². The zero-order valence-corrected chi connectivity index (χ0v) is 20.8. The number of halogens is 2. The van der Waals surface area contributed by atoms with E-state index in [0.29, 0.717) is 43.5 Å². The highest BCUT2D eigenvalue weighted by Crippen LogP contribution is 2.42. The van der Waals surface area contributed by atoms with E-state index in [0.717, 1.165) is 12.8 Å². The van der Waals surface area contributed by atoms with Crippen molar-refractivity contribution < 1.29 is 32.5 Å². The van der Waals surface area contributed by atoms with Crippen LogP contribution in [-0.2, 0) is 20.7 Å².